The summed E-state index contributed by atoms with van der Waals surface area (Å²) in [6, 6.07) is 20.4. The third-order valence-corrected chi connectivity index (χ3v) is 3.92. The molecule has 106 valence electrons. The maximum Gasteiger partial charge on any atom is 0.134 e. The van der Waals surface area contributed by atoms with Gasteiger partial charge in [-0.3, -0.25) is 0 Å². The van der Waals surface area contributed by atoms with Gasteiger partial charge in [0.05, 0.1) is 6.54 Å². The minimum Gasteiger partial charge on any atom is -0.459 e. The Morgan fingerprint density at radius 1 is 0.952 bits per heavy atom. The second kappa shape index (κ2) is 6.19. The average molecular weight is 342 g/mol. The molecule has 0 radical (unpaired) electrons. The molecule has 0 bridgehead atoms. The van der Waals surface area contributed by atoms with Crippen molar-refractivity contribution in [2.45, 2.75) is 13.5 Å². The van der Waals surface area contributed by atoms with E-state index in [0.29, 0.717) is 6.54 Å². The van der Waals surface area contributed by atoms with Crippen LogP contribution in [0, 0.1) is 6.92 Å². The van der Waals surface area contributed by atoms with Crippen molar-refractivity contribution in [1.82, 2.24) is 0 Å². The van der Waals surface area contributed by atoms with Crippen molar-refractivity contribution in [3.8, 4) is 11.3 Å². The van der Waals surface area contributed by atoms with E-state index >= 15 is 0 Å². The Balaban J connectivity index is 1.71. The number of rotatable bonds is 4. The first-order valence-corrected chi connectivity index (χ1v) is 7.66. The van der Waals surface area contributed by atoms with Gasteiger partial charge in [0.25, 0.3) is 0 Å². The van der Waals surface area contributed by atoms with Crippen LogP contribution in [-0.2, 0) is 6.54 Å². The number of nitrogens with one attached hydrogen (secondary N) is 1. The van der Waals surface area contributed by atoms with Crippen molar-refractivity contribution in [1.29, 1.82) is 0 Å². The molecule has 0 spiro atoms. The number of hydrogen-bond donors (Lipinski definition) is 1. The standard InChI is InChI=1S/C18H16BrNO/c1-13-4-2-3-5-17(13)20-12-16-10-11-18(21-16)14-6-8-15(19)9-7-14/h2-11,20H,12H2,1H3. The van der Waals surface area contributed by atoms with E-state index < -0.39 is 0 Å². The highest BCUT2D eigenvalue weighted by atomic mass is 79.9. The van der Waals surface area contributed by atoms with E-state index in [2.05, 4.69) is 40.3 Å². The van der Waals surface area contributed by atoms with Crippen molar-refractivity contribution in [3.05, 3.63) is 76.5 Å². The summed E-state index contributed by atoms with van der Waals surface area (Å²) in [4.78, 5) is 0. The van der Waals surface area contributed by atoms with Crippen molar-refractivity contribution in [2.24, 2.45) is 0 Å². The number of para-hydroxylation sites is 1. The molecule has 1 N–H and O–H groups in total. The molecular formula is C18H16BrNO. The van der Waals surface area contributed by atoms with Gasteiger partial charge >= 0.3 is 0 Å². The van der Waals surface area contributed by atoms with Crippen LogP contribution in [0.25, 0.3) is 11.3 Å². The van der Waals surface area contributed by atoms with E-state index in [-0.39, 0.29) is 0 Å². The van der Waals surface area contributed by atoms with Gasteiger partial charge < -0.3 is 9.73 Å². The molecule has 2 aromatic carbocycles. The molecule has 21 heavy (non-hydrogen) atoms. The predicted molar refractivity (Wildman–Crippen MR) is 90.3 cm³/mol. The molecule has 3 heteroatoms. The van der Waals surface area contributed by atoms with E-state index in [1.165, 1.54) is 5.56 Å². The van der Waals surface area contributed by atoms with Crippen LogP contribution < -0.4 is 5.32 Å². The number of hydrogen-bond acceptors (Lipinski definition) is 2. The first-order chi connectivity index (χ1) is 10.2. The molecule has 1 heterocycles. The fourth-order valence-corrected chi connectivity index (χ4v) is 2.46. The highest BCUT2D eigenvalue weighted by molar-refractivity contribution is 9.10. The second-order valence-electron chi connectivity index (χ2n) is 4.94. The topological polar surface area (TPSA) is 25.2 Å². The Hall–Kier alpha value is -2.00. The van der Waals surface area contributed by atoms with E-state index in [0.717, 1.165) is 27.2 Å². The quantitative estimate of drug-likeness (QED) is 0.665. The van der Waals surface area contributed by atoms with Gasteiger partial charge in [-0.15, -0.1) is 0 Å². The highest BCUT2D eigenvalue weighted by Crippen LogP contribution is 2.24. The molecule has 3 aromatic rings. The molecule has 2 nitrogen and oxygen atoms in total. The van der Waals surface area contributed by atoms with Crippen LogP contribution in [0.3, 0.4) is 0 Å². The smallest absolute Gasteiger partial charge is 0.134 e. The molecule has 3 rings (SSSR count). The number of halogens is 1. The Kier molecular flexibility index (Phi) is 4.11. The van der Waals surface area contributed by atoms with Crippen LogP contribution in [0.1, 0.15) is 11.3 Å². The predicted octanol–water partition coefficient (Wildman–Crippen LogP) is 5.63. The molecule has 1 aromatic heterocycles. The van der Waals surface area contributed by atoms with Gasteiger partial charge in [0.2, 0.25) is 0 Å². The Morgan fingerprint density at radius 2 is 1.71 bits per heavy atom. The highest BCUT2D eigenvalue weighted by Gasteiger charge is 2.05. The summed E-state index contributed by atoms with van der Waals surface area (Å²) in [6.45, 7) is 2.78. The summed E-state index contributed by atoms with van der Waals surface area (Å²) >= 11 is 3.44. The van der Waals surface area contributed by atoms with Gasteiger partial charge in [0, 0.05) is 15.7 Å². The molecular weight excluding hydrogens is 326 g/mol. The molecule has 0 saturated carbocycles. The fraction of sp³-hybridized carbons (Fsp3) is 0.111. The minimum absolute atomic E-state index is 0.682. The normalized spacial score (nSPS) is 10.6. The largest absolute Gasteiger partial charge is 0.459 e. The lowest BCUT2D eigenvalue weighted by Gasteiger charge is -2.07. The first kappa shape index (κ1) is 14.0. The number of aryl methyl sites for hydroxylation is 1. The van der Waals surface area contributed by atoms with Gasteiger partial charge in [0.1, 0.15) is 11.5 Å². The van der Waals surface area contributed by atoms with Crippen molar-refractivity contribution >= 4 is 21.6 Å². The van der Waals surface area contributed by atoms with E-state index in [9.17, 15) is 0 Å². The number of benzene rings is 2. The first-order valence-electron chi connectivity index (χ1n) is 6.86. The fourth-order valence-electron chi connectivity index (χ4n) is 2.20. The number of furan rings is 1. The lowest BCUT2D eigenvalue weighted by atomic mass is 10.2. The van der Waals surface area contributed by atoms with Crippen molar-refractivity contribution < 1.29 is 4.42 Å². The molecule has 0 aliphatic rings. The second-order valence-corrected chi connectivity index (χ2v) is 5.86. The van der Waals surface area contributed by atoms with Crippen LogP contribution in [0.2, 0.25) is 0 Å². The van der Waals surface area contributed by atoms with E-state index in [1.54, 1.807) is 0 Å². The van der Waals surface area contributed by atoms with Gasteiger partial charge in [-0.25, -0.2) is 0 Å². The molecule has 0 unspecified atom stereocenters. The molecule has 0 saturated heterocycles. The van der Waals surface area contributed by atoms with Gasteiger partial charge in [-0.1, -0.05) is 46.3 Å². The molecule has 0 amide bonds. The summed E-state index contributed by atoms with van der Waals surface area (Å²) in [5.74, 6) is 1.82. The Morgan fingerprint density at radius 3 is 2.48 bits per heavy atom. The van der Waals surface area contributed by atoms with Crippen LogP contribution >= 0.6 is 15.9 Å². The molecule has 0 aliphatic carbocycles. The van der Waals surface area contributed by atoms with Crippen molar-refractivity contribution in [2.75, 3.05) is 5.32 Å². The monoisotopic (exact) mass is 341 g/mol. The third-order valence-electron chi connectivity index (χ3n) is 3.39. The summed E-state index contributed by atoms with van der Waals surface area (Å²) in [5.41, 5.74) is 3.46. The average Bonchev–Trinajstić information content (AvgIpc) is 2.96. The van der Waals surface area contributed by atoms with Crippen LogP contribution in [-0.4, -0.2) is 0 Å². The zero-order chi connectivity index (χ0) is 14.7. The molecule has 0 aliphatic heterocycles. The van der Waals surface area contributed by atoms with Gasteiger partial charge in [-0.2, -0.15) is 0 Å². The number of anilines is 1. The van der Waals surface area contributed by atoms with Gasteiger partial charge in [-0.05, 0) is 42.8 Å². The van der Waals surface area contributed by atoms with E-state index in [1.807, 2.05) is 48.5 Å². The summed E-state index contributed by atoms with van der Waals surface area (Å²) in [7, 11) is 0. The summed E-state index contributed by atoms with van der Waals surface area (Å²) < 4.78 is 6.96. The lowest BCUT2D eigenvalue weighted by Crippen LogP contribution is -1.99. The van der Waals surface area contributed by atoms with Gasteiger partial charge in [0.15, 0.2) is 0 Å². The zero-order valence-electron chi connectivity index (χ0n) is 11.8. The molecule has 0 atom stereocenters. The third kappa shape index (κ3) is 3.37. The maximum atomic E-state index is 5.89. The van der Waals surface area contributed by atoms with Crippen LogP contribution in [0.5, 0.6) is 0 Å². The molecule has 0 fully saturated rings. The maximum absolute atomic E-state index is 5.89. The summed E-state index contributed by atoms with van der Waals surface area (Å²) in [6.07, 6.45) is 0. The van der Waals surface area contributed by atoms with Crippen molar-refractivity contribution in [3.63, 3.8) is 0 Å². The SMILES string of the molecule is Cc1ccccc1NCc1ccc(-c2ccc(Br)cc2)o1. The zero-order valence-corrected chi connectivity index (χ0v) is 13.4. The van der Waals surface area contributed by atoms with E-state index in [4.69, 9.17) is 4.42 Å². The minimum atomic E-state index is 0.682. The lowest BCUT2D eigenvalue weighted by molar-refractivity contribution is 0.531. The summed E-state index contributed by atoms with van der Waals surface area (Å²) in [5, 5.41) is 3.40. The Bertz CT molecular complexity index is 731. The van der Waals surface area contributed by atoms with Crippen LogP contribution in [0.15, 0.2) is 69.6 Å². The Labute approximate surface area is 132 Å². The van der Waals surface area contributed by atoms with Crippen LogP contribution in [0.4, 0.5) is 5.69 Å².